The van der Waals surface area contributed by atoms with E-state index < -0.39 is 0 Å². The summed E-state index contributed by atoms with van der Waals surface area (Å²) < 4.78 is 5.32. The van der Waals surface area contributed by atoms with Gasteiger partial charge < -0.3 is 20.7 Å². The highest BCUT2D eigenvalue weighted by molar-refractivity contribution is 6.02. The van der Waals surface area contributed by atoms with Gasteiger partial charge in [0.2, 0.25) is 5.91 Å². The van der Waals surface area contributed by atoms with Gasteiger partial charge in [-0.3, -0.25) is 9.59 Å². The van der Waals surface area contributed by atoms with Gasteiger partial charge in [-0.1, -0.05) is 18.2 Å². The molecule has 8 nitrogen and oxygen atoms in total. The lowest BCUT2D eigenvalue weighted by Crippen LogP contribution is -2.14. The molecule has 2 amide bonds. The highest BCUT2D eigenvalue weighted by Crippen LogP contribution is 2.18. The first-order valence-corrected chi connectivity index (χ1v) is 8.92. The van der Waals surface area contributed by atoms with E-state index in [1.807, 2.05) is 24.3 Å². The predicted molar refractivity (Wildman–Crippen MR) is 111 cm³/mol. The summed E-state index contributed by atoms with van der Waals surface area (Å²) in [5.74, 6) is 0.804. The lowest BCUT2D eigenvalue weighted by atomic mass is 10.2. The first-order chi connectivity index (χ1) is 14.0. The Bertz CT molecular complexity index is 988. The average molecular weight is 391 g/mol. The molecule has 8 heteroatoms. The normalized spacial score (nSPS) is 10.1. The summed E-state index contributed by atoms with van der Waals surface area (Å²) in [6.45, 7) is 1.95. The van der Waals surface area contributed by atoms with Crippen LogP contribution in [0.2, 0.25) is 0 Å². The minimum absolute atomic E-state index is 0.156. The SMILES string of the molecule is COc1ccccc1CNc1cnc(C(=O)Nc2ccc(NC(C)=O)cc2)cn1. The molecule has 3 N–H and O–H groups in total. The molecule has 0 saturated carbocycles. The molecule has 29 heavy (non-hydrogen) atoms. The fourth-order valence-electron chi connectivity index (χ4n) is 2.61. The summed E-state index contributed by atoms with van der Waals surface area (Å²) in [4.78, 5) is 31.8. The molecule has 0 spiro atoms. The monoisotopic (exact) mass is 391 g/mol. The van der Waals surface area contributed by atoms with Crippen LogP contribution in [0.3, 0.4) is 0 Å². The standard InChI is InChI=1S/C21H21N5O3/c1-14(27)25-16-7-9-17(10-8-16)26-21(28)18-12-24-20(13-22-18)23-11-15-5-3-4-6-19(15)29-2/h3-10,12-13H,11H2,1-2H3,(H,23,24)(H,25,27)(H,26,28). The van der Waals surface area contributed by atoms with Crippen molar-refractivity contribution in [2.75, 3.05) is 23.1 Å². The number of hydrogen-bond donors (Lipinski definition) is 3. The lowest BCUT2D eigenvalue weighted by Gasteiger charge is -2.10. The Hall–Kier alpha value is -3.94. The van der Waals surface area contributed by atoms with Crippen LogP contribution >= 0.6 is 0 Å². The van der Waals surface area contributed by atoms with Gasteiger partial charge in [0.05, 0.1) is 19.5 Å². The van der Waals surface area contributed by atoms with Crippen LogP contribution < -0.4 is 20.7 Å². The summed E-state index contributed by atoms with van der Waals surface area (Å²) in [5, 5.41) is 8.56. The highest BCUT2D eigenvalue weighted by Gasteiger charge is 2.09. The highest BCUT2D eigenvalue weighted by atomic mass is 16.5. The van der Waals surface area contributed by atoms with Crippen molar-refractivity contribution in [3.8, 4) is 5.75 Å². The number of nitrogens with one attached hydrogen (secondary N) is 3. The van der Waals surface area contributed by atoms with E-state index in [-0.39, 0.29) is 17.5 Å². The van der Waals surface area contributed by atoms with Gasteiger partial charge in [0.25, 0.3) is 5.91 Å². The molecule has 1 aromatic heterocycles. The zero-order chi connectivity index (χ0) is 20.6. The van der Waals surface area contributed by atoms with Crippen LogP contribution in [0.4, 0.5) is 17.2 Å². The maximum absolute atomic E-state index is 12.3. The van der Waals surface area contributed by atoms with Crippen molar-refractivity contribution >= 4 is 29.0 Å². The van der Waals surface area contributed by atoms with Gasteiger partial charge in [-0.05, 0) is 30.3 Å². The van der Waals surface area contributed by atoms with E-state index in [0.29, 0.717) is 23.7 Å². The molecular formula is C21H21N5O3. The van der Waals surface area contributed by atoms with Crippen LogP contribution in [0.15, 0.2) is 60.9 Å². The summed E-state index contributed by atoms with van der Waals surface area (Å²) in [6.07, 6.45) is 2.91. The first kappa shape index (κ1) is 19.8. The van der Waals surface area contributed by atoms with Gasteiger partial charge in [-0.15, -0.1) is 0 Å². The average Bonchev–Trinajstić information content (AvgIpc) is 2.74. The van der Waals surface area contributed by atoms with Crippen LogP contribution in [-0.2, 0) is 11.3 Å². The molecular weight excluding hydrogens is 370 g/mol. The zero-order valence-corrected chi connectivity index (χ0v) is 16.1. The van der Waals surface area contributed by atoms with E-state index in [0.717, 1.165) is 11.3 Å². The number of anilines is 3. The van der Waals surface area contributed by atoms with E-state index in [2.05, 4.69) is 25.9 Å². The molecule has 0 radical (unpaired) electrons. The maximum Gasteiger partial charge on any atom is 0.275 e. The predicted octanol–water partition coefficient (Wildman–Crippen LogP) is 3.31. The van der Waals surface area contributed by atoms with Crippen molar-refractivity contribution in [3.05, 3.63) is 72.2 Å². The van der Waals surface area contributed by atoms with Crippen molar-refractivity contribution in [1.29, 1.82) is 0 Å². The molecule has 0 aliphatic rings. The Balaban J connectivity index is 1.57. The molecule has 2 aromatic carbocycles. The molecule has 1 heterocycles. The number of para-hydroxylation sites is 1. The zero-order valence-electron chi connectivity index (χ0n) is 16.1. The van der Waals surface area contributed by atoms with Gasteiger partial charge in [-0.25, -0.2) is 9.97 Å². The second-order valence-electron chi connectivity index (χ2n) is 6.16. The van der Waals surface area contributed by atoms with E-state index in [1.165, 1.54) is 19.3 Å². The molecule has 0 saturated heterocycles. The third-order valence-corrected chi connectivity index (χ3v) is 4.00. The van der Waals surface area contributed by atoms with Crippen molar-refractivity contribution in [3.63, 3.8) is 0 Å². The molecule has 0 bridgehead atoms. The number of methoxy groups -OCH3 is 1. The summed E-state index contributed by atoms with van der Waals surface area (Å²) in [5.41, 5.74) is 2.42. The number of amides is 2. The third-order valence-electron chi connectivity index (χ3n) is 4.00. The summed E-state index contributed by atoms with van der Waals surface area (Å²) in [6, 6.07) is 14.5. The molecule has 0 aliphatic carbocycles. The molecule has 0 unspecified atom stereocenters. The quantitative estimate of drug-likeness (QED) is 0.571. The van der Waals surface area contributed by atoms with Gasteiger partial charge in [-0.2, -0.15) is 0 Å². The summed E-state index contributed by atoms with van der Waals surface area (Å²) in [7, 11) is 1.62. The van der Waals surface area contributed by atoms with Crippen LogP contribution in [0, 0.1) is 0 Å². The minimum atomic E-state index is -0.374. The van der Waals surface area contributed by atoms with Gasteiger partial charge in [0, 0.05) is 30.4 Å². The topological polar surface area (TPSA) is 105 Å². The molecule has 3 aromatic rings. The number of carbonyl (C=O) groups is 2. The van der Waals surface area contributed by atoms with Crippen LogP contribution in [0.5, 0.6) is 5.75 Å². The number of hydrogen-bond acceptors (Lipinski definition) is 6. The van der Waals surface area contributed by atoms with E-state index in [9.17, 15) is 9.59 Å². The lowest BCUT2D eigenvalue weighted by molar-refractivity contribution is -0.114. The largest absolute Gasteiger partial charge is 0.496 e. The van der Waals surface area contributed by atoms with E-state index in [4.69, 9.17) is 4.74 Å². The smallest absolute Gasteiger partial charge is 0.275 e. The Kier molecular flexibility index (Phi) is 6.36. The maximum atomic E-state index is 12.3. The number of nitrogens with zero attached hydrogens (tertiary/aromatic N) is 2. The van der Waals surface area contributed by atoms with Gasteiger partial charge in [0.15, 0.2) is 0 Å². The van der Waals surface area contributed by atoms with E-state index in [1.54, 1.807) is 31.4 Å². The third kappa shape index (κ3) is 5.52. The Labute approximate surface area is 168 Å². The fourth-order valence-corrected chi connectivity index (χ4v) is 2.61. The van der Waals surface area contributed by atoms with Crippen LogP contribution in [0.1, 0.15) is 23.0 Å². The Morgan fingerprint density at radius 1 is 0.931 bits per heavy atom. The molecule has 0 aliphatic heterocycles. The number of rotatable bonds is 7. The van der Waals surface area contributed by atoms with Crippen LogP contribution in [0.25, 0.3) is 0 Å². The Morgan fingerprint density at radius 3 is 2.24 bits per heavy atom. The van der Waals surface area contributed by atoms with Crippen molar-refractivity contribution in [1.82, 2.24) is 9.97 Å². The second kappa shape index (κ2) is 9.32. The van der Waals surface area contributed by atoms with Crippen molar-refractivity contribution in [2.24, 2.45) is 0 Å². The summed E-state index contributed by atoms with van der Waals surface area (Å²) >= 11 is 0. The number of carbonyl (C=O) groups excluding carboxylic acids is 2. The van der Waals surface area contributed by atoms with Gasteiger partial charge in [0.1, 0.15) is 17.3 Å². The van der Waals surface area contributed by atoms with Crippen molar-refractivity contribution < 1.29 is 14.3 Å². The molecule has 0 atom stereocenters. The van der Waals surface area contributed by atoms with Crippen molar-refractivity contribution in [2.45, 2.75) is 13.5 Å². The number of ether oxygens (including phenoxy) is 1. The number of aromatic nitrogens is 2. The molecule has 0 fully saturated rings. The number of benzene rings is 2. The fraction of sp³-hybridized carbons (Fsp3) is 0.143. The minimum Gasteiger partial charge on any atom is -0.496 e. The van der Waals surface area contributed by atoms with Crippen LogP contribution in [-0.4, -0.2) is 28.9 Å². The van der Waals surface area contributed by atoms with E-state index >= 15 is 0 Å². The first-order valence-electron chi connectivity index (χ1n) is 8.92. The second-order valence-corrected chi connectivity index (χ2v) is 6.16. The van der Waals surface area contributed by atoms with Gasteiger partial charge >= 0.3 is 0 Å². The molecule has 3 rings (SSSR count). The Morgan fingerprint density at radius 2 is 1.62 bits per heavy atom. The molecule has 148 valence electrons.